The molecule has 0 bridgehead atoms. The zero-order valence-corrected chi connectivity index (χ0v) is 17.0. The second-order valence-corrected chi connectivity index (χ2v) is 8.91. The number of phosphoric acid groups is 1. The predicted molar refractivity (Wildman–Crippen MR) is 108 cm³/mol. The molecule has 4 nitrogen and oxygen atoms in total. The van der Waals surface area contributed by atoms with Crippen molar-refractivity contribution < 1.29 is 18.1 Å². The molecule has 0 heterocycles. The normalized spacial score (nSPS) is 17.9. The quantitative estimate of drug-likeness (QED) is 0.388. The Morgan fingerprint density at radius 2 is 1.44 bits per heavy atom. The first-order valence-corrected chi connectivity index (χ1v) is 10.8. The fourth-order valence-corrected chi connectivity index (χ4v) is 4.83. The monoisotopic (exact) mass is 386 g/mol. The van der Waals surface area contributed by atoms with Crippen LogP contribution in [0.4, 0.5) is 0 Å². The lowest BCUT2D eigenvalue weighted by Crippen LogP contribution is -2.35. The summed E-state index contributed by atoms with van der Waals surface area (Å²) in [7, 11) is -3.89. The van der Waals surface area contributed by atoms with Crippen molar-refractivity contribution in [2.24, 2.45) is 5.92 Å². The van der Waals surface area contributed by atoms with Crippen LogP contribution in [0.1, 0.15) is 40.0 Å². The molecule has 3 rings (SSSR count). The van der Waals surface area contributed by atoms with E-state index in [1.165, 1.54) is 5.57 Å². The highest BCUT2D eigenvalue weighted by Crippen LogP contribution is 2.54. The summed E-state index contributed by atoms with van der Waals surface area (Å²) in [5, 5.41) is 0. The summed E-state index contributed by atoms with van der Waals surface area (Å²) in [5.74, 6) is 1.15. The minimum absolute atomic E-state index is 0.244. The number of rotatable bonds is 7. The van der Waals surface area contributed by atoms with Crippen molar-refractivity contribution >= 4 is 7.82 Å². The molecule has 0 aliphatic heterocycles. The van der Waals surface area contributed by atoms with Gasteiger partial charge in [-0.3, -0.25) is 4.52 Å². The van der Waals surface area contributed by atoms with Crippen LogP contribution >= 0.6 is 7.82 Å². The number of benzene rings is 2. The zero-order valence-electron chi connectivity index (χ0n) is 16.1. The van der Waals surface area contributed by atoms with Gasteiger partial charge < -0.3 is 9.05 Å². The first-order valence-electron chi connectivity index (χ1n) is 9.32. The molecule has 1 aliphatic carbocycles. The van der Waals surface area contributed by atoms with E-state index in [-0.39, 0.29) is 5.92 Å². The molecule has 0 saturated carbocycles. The summed E-state index contributed by atoms with van der Waals surface area (Å²) in [6, 6.07) is 18.0. The number of para-hydroxylation sites is 2. The van der Waals surface area contributed by atoms with Gasteiger partial charge in [-0.1, -0.05) is 48.0 Å². The molecular formula is C22H27O4P. The molecule has 0 saturated heterocycles. The third kappa shape index (κ3) is 5.47. The van der Waals surface area contributed by atoms with Crippen LogP contribution in [0, 0.1) is 5.92 Å². The van der Waals surface area contributed by atoms with Crippen molar-refractivity contribution in [1.82, 2.24) is 0 Å². The van der Waals surface area contributed by atoms with E-state index in [1.54, 1.807) is 24.3 Å². The Labute approximate surface area is 161 Å². The zero-order chi connectivity index (χ0) is 19.3. The van der Waals surface area contributed by atoms with Gasteiger partial charge in [0.2, 0.25) is 0 Å². The van der Waals surface area contributed by atoms with Gasteiger partial charge in [0, 0.05) is 0 Å². The van der Waals surface area contributed by atoms with Crippen molar-refractivity contribution in [1.29, 1.82) is 0 Å². The molecule has 0 fully saturated rings. The third-order valence-electron chi connectivity index (χ3n) is 4.89. The van der Waals surface area contributed by atoms with E-state index in [0.717, 1.165) is 19.3 Å². The maximum atomic E-state index is 13.6. The highest BCUT2D eigenvalue weighted by Gasteiger charge is 2.42. The molecule has 2 aromatic carbocycles. The minimum Gasteiger partial charge on any atom is -0.395 e. The van der Waals surface area contributed by atoms with E-state index in [9.17, 15) is 4.57 Å². The Bertz CT molecular complexity index is 769. The number of phosphoric ester groups is 1. The van der Waals surface area contributed by atoms with Crippen LogP contribution in [0.5, 0.6) is 11.5 Å². The Kier molecular flexibility index (Phi) is 6.08. The van der Waals surface area contributed by atoms with Gasteiger partial charge in [-0.15, -0.1) is 0 Å². The van der Waals surface area contributed by atoms with Crippen LogP contribution in [-0.2, 0) is 9.09 Å². The van der Waals surface area contributed by atoms with E-state index in [1.807, 2.05) is 50.2 Å². The molecule has 1 unspecified atom stereocenters. The van der Waals surface area contributed by atoms with E-state index in [2.05, 4.69) is 13.0 Å². The second-order valence-electron chi connectivity index (χ2n) is 7.47. The summed E-state index contributed by atoms with van der Waals surface area (Å²) in [5.41, 5.74) is 0.738. The Balaban J connectivity index is 1.83. The molecule has 1 aliphatic rings. The van der Waals surface area contributed by atoms with Gasteiger partial charge in [-0.05, 0) is 70.2 Å². The van der Waals surface area contributed by atoms with Crippen LogP contribution in [0.25, 0.3) is 0 Å². The summed E-state index contributed by atoms with van der Waals surface area (Å²) in [6.07, 6.45) is 5.16. The maximum absolute atomic E-state index is 13.6. The van der Waals surface area contributed by atoms with Crippen LogP contribution in [0.3, 0.4) is 0 Å². The lowest BCUT2D eigenvalue weighted by molar-refractivity contribution is 0.0147. The van der Waals surface area contributed by atoms with Crippen molar-refractivity contribution in [3.8, 4) is 11.5 Å². The lowest BCUT2D eigenvalue weighted by Gasteiger charge is -2.37. The molecule has 0 spiro atoms. The molecule has 1 atom stereocenters. The lowest BCUT2D eigenvalue weighted by atomic mass is 9.80. The summed E-state index contributed by atoms with van der Waals surface area (Å²) in [4.78, 5) is 0. The van der Waals surface area contributed by atoms with Crippen LogP contribution < -0.4 is 9.05 Å². The van der Waals surface area contributed by atoms with Crippen LogP contribution in [-0.4, -0.2) is 5.60 Å². The van der Waals surface area contributed by atoms with Crippen molar-refractivity contribution in [3.05, 3.63) is 72.3 Å². The Hall–Kier alpha value is -2.03. The molecular weight excluding hydrogens is 359 g/mol. The first-order chi connectivity index (χ1) is 12.9. The second kappa shape index (κ2) is 8.33. The average molecular weight is 386 g/mol. The largest absolute Gasteiger partial charge is 0.588 e. The fraction of sp³-hybridized carbons (Fsp3) is 0.364. The summed E-state index contributed by atoms with van der Waals surface area (Å²) in [6.45, 7) is 6.06. The van der Waals surface area contributed by atoms with Crippen molar-refractivity contribution in [2.45, 2.75) is 45.6 Å². The molecule has 144 valence electrons. The van der Waals surface area contributed by atoms with Crippen LogP contribution in [0.15, 0.2) is 72.3 Å². The molecule has 27 heavy (non-hydrogen) atoms. The molecule has 0 aromatic heterocycles. The predicted octanol–water partition coefficient (Wildman–Crippen LogP) is 6.79. The van der Waals surface area contributed by atoms with E-state index >= 15 is 0 Å². The molecule has 0 radical (unpaired) electrons. The van der Waals surface area contributed by atoms with Crippen molar-refractivity contribution in [2.75, 3.05) is 0 Å². The maximum Gasteiger partial charge on any atom is 0.588 e. The number of hydrogen-bond acceptors (Lipinski definition) is 4. The van der Waals surface area contributed by atoms with Crippen LogP contribution in [0.2, 0.25) is 0 Å². The molecule has 0 amide bonds. The van der Waals surface area contributed by atoms with Gasteiger partial charge in [0.15, 0.2) is 0 Å². The van der Waals surface area contributed by atoms with Gasteiger partial charge in [-0.2, -0.15) is 0 Å². The summed E-state index contributed by atoms with van der Waals surface area (Å²) < 4.78 is 31.2. The van der Waals surface area contributed by atoms with Gasteiger partial charge in [0.25, 0.3) is 0 Å². The van der Waals surface area contributed by atoms with E-state index < -0.39 is 13.4 Å². The molecule has 5 heteroatoms. The summed E-state index contributed by atoms with van der Waals surface area (Å²) >= 11 is 0. The highest BCUT2D eigenvalue weighted by molar-refractivity contribution is 7.49. The van der Waals surface area contributed by atoms with E-state index in [4.69, 9.17) is 13.6 Å². The third-order valence-corrected chi connectivity index (χ3v) is 6.45. The molecule has 0 N–H and O–H groups in total. The smallest absolute Gasteiger partial charge is 0.395 e. The molecule has 2 aromatic rings. The van der Waals surface area contributed by atoms with Crippen molar-refractivity contribution in [3.63, 3.8) is 0 Å². The van der Waals surface area contributed by atoms with Gasteiger partial charge in [0.05, 0.1) is 5.60 Å². The standard InChI is InChI=1S/C22H27O4P/c1-18-14-16-19(17-15-18)22(2,3)26-27(23,24-20-10-6-4-7-11-20)25-21-12-8-5-9-13-21/h4-14,19H,15-17H2,1-3H3. The number of allylic oxidation sites excluding steroid dienone is 2. The average Bonchev–Trinajstić information content (AvgIpc) is 2.63. The van der Waals surface area contributed by atoms with Gasteiger partial charge >= 0.3 is 7.82 Å². The minimum atomic E-state index is -3.89. The number of hydrogen-bond donors (Lipinski definition) is 0. The Morgan fingerprint density at radius 1 is 0.926 bits per heavy atom. The van der Waals surface area contributed by atoms with Gasteiger partial charge in [0.1, 0.15) is 11.5 Å². The highest BCUT2D eigenvalue weighted by atomic mass is 31.2. The van der Waals surface area contributed by atoms with E-state index in [0.29, 0.717) is 11.5 Å². The topological polar surface area (TPSA) is 44.8 Å². The SMILES string of the molecule is CC1=CCC(C(C)(C)OP(=O)(Oc2ccccc2)Oc2ccccc2)CC1. The fourth-order valence-electron chi connectivity index (χ4n) is 3.24. The van der Waals surface area contributed by atoms with Gasteiger partial charge in [-0.25, -0.2) is 4.57 Å². The first kappa shape index (κ1) is 19.7. The Morgan fingerprint density at radius 3 is 1.89 bits per heavy atom.